The van der Waals surface area contributed by atoms with Crippen LogP contribution in [0.5, 0.6) is 11.5 Å². The van der Waals surface area contributed by atoms with Gasteiger partial charge in [-0.2, -0.15) is 0 Å². The molecule has 0 saturated heterocycles. The Morgan fingerprint density at radius 2 is 2.14 bits per heavy atom. The number of rotatable bonds is 3. The van der Waals surface area contributed by atoms with Crippen LogP contribution >= 0.6 is 0 Å². The molecule has 0 heterocycles. The van der Waals surface area contributed by atoms with Crippen molar-refractivity contribution in [2.24, 2.45) is 5.92 Å². The van der Waals surface area contributed by atoms with Crippen molar-refractivity contribution in [1.29, 1.82) is 0 Å². The van der Waals surface area contributed by atoms with Crippen molar-refractivity contribution in [3.8, 4) is 11.5 Å². The first kappa shape index (κ1) is 15.0. The summed E-state index contributed by atoms with van der Waals surface area (Å²) in [6, 6.07) is 2.61. The van der Waals surface area contributed by atoms with Crippen LogP contribution in [0.2, 0.25) is 0 Å². The molecule has 0 aliphatic heterocycles. The molecule has 2 rings (SSSR count). The molecular formula is C15H16NO5-. The van der Waals surface area contributed by atoms with Crippen LogP contribution in [-0.2, 0) is 4.79 Å². The highest BCUT2D eigenvalue weighted by molar-refractivity contribution is 6.01. The predicted octanol–water partition coefficient (Wildman–Crippen LogP) is 2.45. The minimum atomic E-state index is -0.756. The van der Waals surface area contributed by atoms with Gasteiger partial charge in [0.15, 0.2) is 5.78 Å². The molecule has 0 bridgehead atoms. The largest absolute Gasteiger partial charge is 0.865 e. The van der Waals surface area contributed by atoms with Crippen LogP contribution in [0.25, 0.3) is 6.08 Å². The van der Waals surface area contributed by atoms with E-state index in [9.17, 15) is 20.0 Å². The molecular weight excluding hydrogens is 274 g/mol. The van der Waals surface area contributed by atoms with Crippen molar-refractivity contribution in [2.45, 2.75) is 26.2 Å². The molecule has 1 fully saturated rings. The van der Waals surface area contributed by atoms with E-state index in [1.165, 1.54) is 19.2 Å². The molecule has 1 aliphatic rings. The normalized spacial score (nSPS) is 20.6. The van der Waals surface area contributed by atoms with E-state index < -0.39 is 16.4 Å². The molecule has 1 aliphatic carbocycles. The predicted molar refractivity (Wildman–Crippen MR) is 75.1 cm³/mol. The first-order valence-corrected chi connectivity index (χ1v) is 6.72. The first-order valence-electron chi connectivity index (χ1n) is 6.72. The Kier molecular flexibility index (Phi) is 4.26. The number of ether oxygens (including phenoxy) is 1. The quantitative estimate of drug-likeness (QED) is 0.484. The van der Waals surface area contributed by atoms with E-state index in [2.05, 4.69) is 0 Å². The molecule has 0 unspecified atom stereocenters. The second-order valence-corrected chi connectivity index (χ2v) is 5.16. The van der Waals surface area contributed by atoms with E-state index in [-0.39, 0.29) is 17.5 Å². The zero-order valence-electron chi connectivity index (χ0n) is 11.9. The average Bonchev–Trinajstić information content (AvgIpc) is 2.45. The number of nitro benzene ring substituents is 1. The lowest BCUT2D eigenvalue weighted by Gasteiger charge is -2.19. The van der Waals surface area contributed by atoms with Crippen LogP contribution in [0, 0.1) is 16.0 Å². The van der Waals surface area contributed by atoms with Crippen LogP contribution < -0.4 is 9.84 Å². The summed E-state index contributed by atoms with van der Waals surface area (Å²) < 4.78 is 4.88. The molecule has 1 aromatic rings. The van der Waals surface area contributed by atoms with Crippen molar-refractivity contribution in [1.82, 2.24) is 0 Å². The minimum Gasteiger partial charge on any atom is -0.865 e. The topological polar surface area (TPSA) is 92.5 Å². The molecule has 0 spiro atoms. The fourth-order valence-corrected chi connectivity index (χ4v) is 2.49. The zero-order valence-corrected chi connectivity index (χ0v) is 11.9. The van der Waals surface area contributed by atoms with Gasteiger partial charge in [0.1, 0.15) is 5.75 Å². The number of allylic oxidation sites excluding steroid dienone is 1. The van der Waals surface area contributed by atoms with E-state index in [0.29, 0.717) is 17.6 Å². The summed E-state index contributed by atoms with van der Waals surface area (Å²) >= 11 is 0. The standard InChI is InChI=1S/C15H17NO5/c1-9-4-3-5-11(14(9)17)6-10-7-12(16(19)20)15(18)13(8-10)21-2/h6-9,18H,3-5H2,1-2H3/p-1/b11-6+/t9-/m0/s1. The van der Waals surface area contributed by atoms with Crippen LogP contribution in [0.15, 0.2) is 17.7 Å². The Bertz CT molecular complexity index is 621. The Morgan fingerprint density at radius 1 is 1.43 bits per heavy atom. The van der Waals surface area contributed by atoms with Gasteiger partial charge in [-0.05, 0) is 42.5 Å². The number of carbonyl (C=O) groups excluding carboxylic acids is 1. The van der Waals surface area contributed by atoms with E-state index in [1.807, 2.05) is 6.92 Å². The lowest BCUT2D eigenvalue weighted by atomic mass is 9.84. The van der Waals surface area contributed by atoms with Gasteiger partial charge < -0.3 is 9.84 Å². The van der Waals surface area contributed by atoms with E-state index in [4.69, 9.17) is 4.74 Å². The number of ketones is 1. The van der Waals surface area contributed by atoms with Crippen LogP contribution in [0.1, 0.15) is 31.7 Å². The molecule has 0 amide bonds. The molecule has 6 heteroatoms. The highest BCUT2D eigenvalue weighted by atomic mass is 16.6. The van der Waals surface area contributed by atoms with Crippen molar-refractivity contribution in [3.05, 3.63) is 33.4 Å². The number of carbonyl (C=O) groups is 1. The van der Waals surface area contributed by atoms with Gasteiger partial charge in [0, 0.05) is 17.7 Å². The summed E-state index contributed by atoms with van der Waals surface area (Å²) in [5, 5.41) is 22.7. The summed E-state index contributed by atoms with van der Waals surface area (Å²) in [5.41, 5.74) is 0.539. The van der Waals surface area contributed by atoms with Crippen molar-refractivity contribution >= 4 is 17.5 Å². The monoisotopic (exact) mass is 290 g/mol. The maximum absolute atomic E-state index is 12.1. The third-order valence-corrected chi connectivity index (χ3v) is 3.66. The molecule has 1 atom stereocenters. The zero-order chi connectivity index (χ0) is 15.6. The third-order valence-electron chi connectivity index (χ3n) is 3.66. The van der Waals surface area contributed by atoms with E-state index in [1.54, 1.807) is 6.08 Å². The van der Waals surface area contributed by atoms with Crippen molar-refractivity contribution in [2.75, 3.05) is 7.11 Å². The lowest BCUT2D eigenvalue weighted by molar-refractivity contribution is -0.398. The highest BCUT2D eigenvalue weighted by Gasteiger charge is 2.23. The van der Waals surface area contributed by atoms with Crippen molar-refractivity contribution < 1.29 is 19.6 Å². The number of hydrogen-bond donors (Lipinski definition) is 0. The first-order chi connectivity index (χ1) is 9.93. The van der Waals surface area contributed by atoms with Gasteiger partial charge in [0.05, 0.1) is 12.0 Å². The fourth-order valence-electron chi connectivity index (χ4n) is 2.49. The molecule has 0 radical (unpaired) electrons. The highest BCUT2D eigenvalue weighted by Crippen LogP contribution is 2.36. The van der Waals surface area contributed by atoms with Gasteiger partial charge in [-0.25, -0.2) is 0 Å². The third kappa shape index (κ3) is 3.04. The summed E-state index contributed by atoms with van der Waals surface area (Å²) in [7, 11) is 1.28. The smallest absolute Gasteiger partial charge is 0.266 e. The number of Topliss-reactive ketones (excluding diaryl/α,β-unsaturated/α-hetero) is 1. The van der Waals surface area contributed by atoms with Crippen LogP contribution in [0.3, 0.4) is 0 Å². The lowest BCUT2D eigenvalue weighted by Crippen LogP contribution is -2.18. The molecule has 1 saturated carbocycles. The Hall–Kier alpha value is -2.37. The Morgan fingerprint density at radius 3 is 2.76 bits per heavy atom. The van der Waals surface area contributed by atoms with Gasteiger partial charge in [-0.15, -0.1) is 0 Å². The number of hydrogen-bond acceptors (Lipinski definition) is 5. The second-order valence-electron chi connectivity index (χ2n) is 5.16. The number of benzene rings is 1. The molecule has 1 aromatic carbocycles. The Labute approximate surface area is 122 Å². The van der Waals surface area contributed by atoms with E-state index >= 15 is 0 Å². The average molecular weight is 290 g/mol. The van der Waals surface area contributed by atoms with Gasteiger partial charge in [-0.3, -0.25) is 14.9 Å². The molecule has 112 valence electrons. The summed E-state index contributed by atoms with van der Waals surface area (Å²) in [6.45, 7) is 1.87. The van der Waals surface area contributed by atoms with Gasteiger partial charge in [0.25, 0.3) is 5.69 Å². The molecule has 0 aromatic heterocycles. The van der Waals surface area contributed by atoms with Crippen LogP contribution in [0.4, 0.5) is 5.69 Å². The van der Waals surface area contributed by atoms with Gasteiger partial charge in [0.2, 0.25) is 0 Å². The maximum Gasteiger partial charge on any atom is 0.266 e. The number of nitrogens with zero attached hydrogens (tertiary/aromatic N) is 1. The maximum atomic E-state index is 12.1. The van der Waals surface area contributed by atoms with Crippen LogP contribution in [-0.4, -0.2) is 17.8 Å². The molecule has 0 N–H and O–H groups in total. The molecule has 21 heavy (non-hydrogen) atoms. The fraction of sp³-hybridized carbons (Fsp3) is 0.400. The summed E-state index contributed by atoms with van der Waals surface area (Å²) in [4.78, 5) is 22.2. The number of methoxy groups -OCH3 is 1. The Balaban J connectivity index is 2.47. The number of nitro groups is 1. The SMILES string of the molecule is COc1cc(/C=C2\CCC[C@H](C)C2=O)cc([N+](=O)[O-])c1[O-]. The van der Waals surface area contributed by atoms with Crippen molar-refractivity contribution in [3.63, 3.8) is 0 Å². The molecule has 6 nitrogen and oxygen atoms in total. The second kappa shape index (κ2) is 5.95. The summed E-state index contributed by atoms with van der Waals surface area (Å²) in [6.07, 6.45) is 4.04. The van der Waals surface area contributed by atoms with Gasteiger partial charge >= 0.3 is 0 Å². The van der Waals surface area contributed by atoms with E-state index in [0.717, 1.165) is 12.8 Å². The minimum absolute atomic E-state index is 0.0272. The summed E-state index contributed by atoms with van der Waals surface area (Å²) in [5.74, 6) is -0.810. The van der Waals surface area contributed by atoms with Gasteiger partial charge in [-0.1, -0.05) is 6.92 Å².